The van der Waals surface area contributed by atoms with E-state index in [0.29, 0.717) is 17.6 Å². The molecule has 76 valence electrons. The molecular formula is C9H15N5. The average Bonchev–Trinajstić information content (AvgIpc) is 2.18. The monoisotopic (exact) mass is 193 g/mol. The molecule has 14 heavy (non-hydrogen) atoms. The molecule has 1 aromatic heterocycles. The SMILES string of the molecule is Nc1cc(N)nc(N2CCCCC2)n1. The third-order valence-electron chi connectivity index (χ3n) is 2.39. The fourth-order valence-corrected chi connectivity index (χ4v) is 1.71. The van der Waals surface area contributed by atoms with Crippen LogP contribution in [0.2, 0.25) is 0 Å². The zero-order valence-corrected chi connectivity index (χ0v) is 8.11. The molecule has 0 saturated carbocycles. The predicted octanol–water partition coefficient (Wildman–Crippen LogP) is 0.631. The molecule has 0 aliphatic carbocycles. The highest BCUT2D eigenvalue weighted by molar-refractivity contribution is 5.48. The Morgan fingerprint density at radius 1 is 1.00 bits per heavy atom. The number of piperidine rings is 1. The summed E-state index contributed by atoms with van der Waals surface area (Å²) in [7, 11) is 0. The topological polar surface area (TPSA) is 81.1 Å². The molecule has 1 aliphatic rings. The molecule has 0 aromatic carbocycles. The highest BCUT2D eigenvalue weighted by Gasteiger charge is 2.13. The number of anilines is 3. The summed E-state index contributed by atoms with van der Waals surface area (Å²) >= 11 is 0. The summed E-state index contributed by atoms with van der Waals surface area (Å²) in [6, 6.07) is 1.58. The average molecular weight is 193 g/mol. The number of hydrogen-bond acceptors (Lipinski definition) is 5. The van der Waals surface area contributed by atoms with E-state index in [2.05, 4.69) is 14.9 Å². The van der Waals surface area contributed by atoms with E-state index in [1.807, 2.05) is 0 Å². The van der Waals surface area contributed by atoms with E-state index < -0.39 is 0 Å². The van der Waals surface area contributed by atoms with Gasteiger partial charge in [-0.15, -0.1) is 0 Å². The van der Waals surface area contributed by atoms with Crippen LogP contribution in [-0.4, -0.2) is 23.1 Å². The molecule has 1 aromatic rings. The van der Waals surface area contributed by atoms with Crippen LogP contribution in [0.5, 0.6) is 0 Å². The van der Waals surface area contributed by atoms with Crippen LogP contribution in [0.25, 0.3) is 0 Å². The first kappa shape index (κ1) is 9.05. The van der Waals surface area contributed by atoms with E-state index in [-0.39, 0.29) is 0 Å². The van der Waals surface area contributed by atoms with E-state index in [9.17, 15) is 0 Å². The molecular weight excluding hydrogens is 178 g/mol. The lowest BCUT2D eigenvalue weighted by Crippen LogP contribution is -2.31. The molecule has 0 amide bonds. The third kappa shape index (κ3) is 1.86. The molecule has 5 heteroatoms. The zero-order valence-electron chi connectivity index (χ0n) is 8.11. The van der Waals surface area contributed by atoms with Crippen molar-refractivity contribution in [3.05, 3.63) is 6.07 Å². The zero-order chi connectivity index (χ0) is 9.97. The van der Waals surface area contributed by atoms with Crippen LogP contribution < -0.4 is 16.4 Å². The largest absolute Gasteiger partial charge is 0.383 e. The first-order chi connectivity index (χ1) is 6.75. The number of nitrogen functional groups attached to an aromatic ring is 2. The Balaban J connectivity index is 2.21. The van der Waals surface area contributed by atoms with Gasteiger partial charge in [0.2, 0.25) is 5.95 Å². The Labute approximate surface area is 83.1 Å². The standard InChI is InChI=1S/C9H15N5/c10-7-6-8(11)13-9(12-7)14-4-2-1-3-5-14/h6H,1-5H2,(H4,10,11,12,13). The number of aromatic nitrogens is 2. The highest BCUT2D eigenvalue weighted by Crippen LogP contribution is 2.17. The summed E-state index contributed by atoms with van der Waals surface area (Å²) in [5, 5.41) is 0. The minimum absolute atomic E-state index is 0.443. The Bertz CT molecular complexity index is 299. The fourth-order valence-electron chi connectivity index (χ4n) is 1.71. The van der Waals surface area contributed by atoms with Crippen molar-refractivity contribution < 1.29 is 0 Å². The number of hydrogen-bond donors (Lipinski definition) is 2. The second-order valence-electron chi connectivity index (χ2n) is 3.57. The van der Waals surface area contributed by atoms with Gasteiger partial charge in [-0.2, -0.15) is 9.97 Å². The molecule has 2 heterocycles. The Hall–Kier alpha value is -1.52. The Morgan fingerprint density at radius 3 is 2.14 bits per heavy atom. The second kappa shape index (κ2) is 3.69. The maximum atomic E-state index is 5.61. The predicted molar refractivity (Wildman–Crippen MR) is 56.9 cm³/mol. The summed E-state index contributed by atoms with van der Waals surface area (Å²) < 4.78 is 0. The van der Waals surface area contributed by atoms with Gasteiger partial charge in [-0.3, -0.25) is 0 Å². The molecule has 1 aliphatic heterocycles. The van der Waals surface area contributed by atoms with Gasteiger partial charge in [0.05, 0.1) is 0 Å². The van der Waals surface area contributed by atoms with Gasteiger partial charge in [0.1, 0.15) is 11.6 Å². The molecule has 0 spiro atoms. The van der Waals surface area contributed by atoms with E-state index in [1.165, 1.54) is 19.3 Å². The van der Waals surface area contributed by atoms with Crippen molar-refractivity contribution >= 4 is 17.6 Å². The van der Waals surface area contributed by atoms with Crippen molar-refractivity contribution in [1.29, 1.82) is 0 Å². The molecule has 0 radical (unpaired) electrons. The first-order valence-corrected chi connectivity index (χ1v) is 4.91. The molecule has 4 N–H and O–H groups in total. The molecule has 2 rings (SSSR count). The van der Waals surface area contributed by atoms with Crippen LogP contribution in [-0.2, 0) is 0 Å². The molecule has 1 saturated heterocycles. The van der Waals surface area contributed by atoms with Crippen molar-refractivity contribution in [2.24, 2.45) is 0 Å². The maximum absolute atomic E-state index is 5.61. The minimum Gasteiger partial charge on any atom is -0.383 e. The van der Waals surface area contributed by atoms with Gasteiger partial charge in [0, 0.05) is 19.2 Å². The van der Waals surface area contributed by atoms with Crippen LogP contribution >= 0.6 is 0 Å². The van der Waals surface area contributed by atoms with E-state index >= 15 is 0 Å². The second-order valence-corrected chi connectivity index (χ2v) is 3.57. The van der Waals surface area contributed by atoms with Gasteiger partial charge < -0.3 is 16.4 Å². The van der Waals surface area contributed by atoms with Gasteiger partial charge in [-0.1, -0.05) is 0 Å². The Morgan fingerprint density at radius 2 is 1.57 bits per heavy atom. The first-order valence-electron chi connectivity index (χ1n) is 4.91. The van der Waals surface area contributed by atoms with Crippen LogP contribution in [0.15, 0.2) is 6.07 Å². The van der Waals surface area contributed by atoms with Crippen molar-refractivity contribution in [2.45, 2.75) is 19.3 Å². The van der Waals surface area contributed by atoms with Crippen LogP contribution in [0.1, 0.15) is 19.3 Å². The van der Waals surface area contributed by atoms with Gasteiger partial charge in [-0.25, -0.2) is 0 Å². The normalized spacial score (nSPS) is 17.0. The van der Waals surface area contributed by atoms with Crippen LogP contribution in [0.3, 0.4) is 0 Å². The lowest BCUT2D eigenvalue weighted by Gasteiger charge is -2.26. The lowest BCUT2D eigenvalue weighted by atomic mass is 10.1. The summed E-state index contributed by atoms with van der Waals surface area (Å²) in [5.41, 5.74) is 11.2. The van der Waals surface area contributed by atoms with Gasteiger partial charge >= 0.3 is 0 Å². The molecule has 0 unspecified atom stereocenters. The smallest absolute Gasteiger partial charge is 0.229 e. The fraction of sp³-hybridized carbons (Fsp3) is 0.556. The van der Waals surface area contributed by atoms with E-state index in [1.54, 1.807) is 6.07 Å². The molecule has 0 bridgehead atoms. The summed E-state index contributed by atoms with van der Waals surface area (Å²) in [5.74, 6) is 1.55. The quantitative estimate of drug-likeness (QED) is 0.683. The highest BCUT2D eigenvalue weighted by atomic mass is 15.3. The maximum Gasteiger partial charge on any atom is 0.229 e. The van der Waals surface area contributed by atoms with Gasteiger partial charge in [-0.05, 0) is 19.3 Å². The lowest BCUT2D eigenvalue weighted by molar-refractivity contribution is 0.569. The molecule has 1 fully saturated rings. The summed E-state index contributed by atoms with van der Waals surface area (Å²) in [6.45, 7) is 2.01. The van der Waals surface area contributed by atoms with Crippen LogP contribution in [0.4, 0.5) is 17.6 Å². The van der Waals surface area contributed by atoms with E-state index in [0.717, 1.165) is 13.1 Å². The van der Waals surface area contributed by atoms with Crippen LogP contribution in [0, 0.1) is 0 Å². The molecule has 0 atom stereocenters. The Kier molecular flexibility index (Phi) is 2.39. The van der Waals surface area contributed by atoms with E-state index in [4.69, 9.17) is 11.5 Å². The third-order valence-corrected chi connectivity index (χ3v) is 2.39. The molecule has 5 nitrogen and oxygen atoms in total. The number of rotatable bonds is 1. The van der Waals surface area contributed by atoms with Crippen molar-refractivity contribution in [3.8, 4) is 0 Å². The van der Waals surface area contributed by atoms with Gasteiger partial charge in [0.25, 0.3) is 0 Å². The van der Waals surface area contributed by atoms with Crippen molar-refractivity contribution in [2.75, 3.05) is 29.5 Å². The number of nitrogens with two attached hydrogens (primary N) is 2. The number of nitrogens with zero attached hydrogens (tertiary/aromatic N) is 3. The van der Waals surface area contributed by atoms with Gasteiger partial charge in [0.15, 0.2) is 0 Å². The van der Waals surface area contributed by atoms with Crippen molar-refractivity contribution in [3.63, 3.8) is 0 Å². The summed E-state index contributed by atoms with van der Waals surface area (Å²) in [4.78, 5) is 10.5. The summed E-state index contributed by atoms with van der Waals surface area (Å²) in [6.07, 6.45) is 3.67. The van der Waals surface area contributed by atoms with Crippen molar-refractivity contribution in [1.82, 2.24) is 9.97 Å². The minimum atomic E-state index is 0.443.